The predicted octanol–water partition coefficient (Wildman–Crippen LogP) is 8.73. The summed E-state index contributed by atoms with van der Waals surface area (Å²) in [5.41, 5.74) is 13.5. The fourth-order valence-corrected chi connectivity index (χ4v) is 6.66. The van der Waals surface area contributed by atoms with Crippen LogP contribution in [-0.4, -0.2) is 24.2 Å². The van der Waals surface area contributed by atoms with Gasteiger partial charge in [-0.1, -0.05) is 90.0 Å². The first-order valence-electron chi connectivity index (χ1n) is 16.5. The summed E-state index contributed by atoms with van der Waals surface area (Å²) in [7, 11) is 0. The number of allylic oxidation sites excluding steroid dienone is 4. The van der Waals surface area contributed by atoms with Gasteiger partial charge in [-0.2, -0.15) is 5.26 Å². The number of anilines is 2. The van der Waals surface area contributed by atoms with E-state index in [0.717, 1.165) is 68.6 Å². The van der Waals surface area contributed by atoms with E-state index in [9.17, 15) is 15.2 Å². The van der Waals surface area contributed by atoms with Crippen molar-refractivity contribution < 1.29 is 9.90 Å². The van der Waals surface area contributed by atoms with E-state index in [4.69, 9.17) is 0 Å². The van der Waals surface area contributed by atoms with Gasteiger partial charge in [0.1, 0.15) is 11.6 Å². The van der Waals surface area contributed by atoms with Gasteiger partial charge in [-0.3, -0.25) is 0 Å². The van der Waals surface area contributed by atoms with Crippen LogP contribution in [0, 0.1) is 25.2 Å². The second-order valence-electron chi connectivity index (χ2n) is 12.7. The third-order valence-corrected chi connectivity index (χ3v) is 9.19. The predicted molar refractivity (Wildman–Crippen MR) is 192 cm³/mol. The molecule has 0 aromatic heterocycles. The van der Waals surface area contributed by atoms with E-state index >= 15 is 0 Å². The van der Waals surface area contributed by atoms with Crippen LogP contribution in [0.25, 0.3) is 5.57 Å². The number of carboxylic acids is 1. The number of aliphatic carboxylic acids is 1. The Labute approximate surface area is 278 Å². The lowest BCUT2D eigenvalue weighted by Crippen LogP contribution is -2.29. The van der Waals surface area contributed by atoms with Crippen molar-refractivity contribution >= 4 is 22.9 Å². The molecular weight excluding hydrogens is 578 g/mol. The summed E-state index contributed by atoms with van der Waals surface area (Å²) >= 11 is 0. The minimum Gasteiger partial charge on any atom is -0.477 e. The lowest BCUT2D eigenvalue weighted by molar-refractivity contribution is -0.132. The van der Waals surface area contributed by atoms with Crippen molar-refractivity contribution in [1.29, 1.82) is 5.26 Å². The molecule has 0 fully saturated rings. The van der Waals surface area contributed by atoms with Crippen LogP contribution in [0.1, 0.15) is 57.3 Å². The SMILES string of the molecule is Cc1ccc(CN2CCCc3cc(C(=CC=CC=C(C#N)C(=O)O)c4ccc5c(c4)CCCN5Cc4ccc(C)cc4)ccc32)cc1. The van der Waals surface area contributed by atoms with E-state index in [2.05, 4.69) is 109 Å². The number of rotatable bonds is 9. The number of nitrogens with zero attached hydrogens (tertiary/aromatic N) is 3. The average Bonchev–Trinajstić information content (AvgIpc) is 3.08. The first-order valence-corrected chi connectivity index (χ1v) is 16.5. The number of fused-ring (bicyclic) bond motifs is 2. The molecule has 0 amide bonds. The molecular formula is C42H41N3O2. The number of aryl methyl sites for hydroxylation is 4. The number of carboxylic acid groups (broad SMARTS) is 1. The zero-order valence-electron chi connectivity index (χ0n) is 27.2. The number of benzene rings is 4. The highest BCUT2D eigenvalue weighted by Crippen LogP contribution is 2.36. The highest BCUT2D eigenvalue weighted by atomic mass is 16.4. The van der Waals surface area contributed by atoms with Crippen molar-refractivity contribution in [2.24, 2.45) is 0 Å². The van der Waals surface area contributed by atoms with Gasteiger partial charge in [-0.15, -0.1) is 0 Å². The molecule has 0 atom stereocenters. The molecule has 0 saturated heterocycles. The van der Waals surface area contributed by atoms with Gasteiger partial charge in [0, 0.05) is 37.6 Å². The number of nitriles is 1. The van der Waals surface area contributed by atoms with Crippen LogP contribution >= 0.6 is 0 Å². The molecule has 5 nitrogen and oxygen atoms in total. The Morgan fingerprint density at radius 1 is 0.723 bits per heavy atom. The van der Waals surface area contributed by atoms with Crippen LogP contribution in [-0.2, 0) is 30.7 Å². The highest BCUT2D eigenvalue weighted by Gasteiger charge is 2.21. The van der Waals surface area contributed by atoms with Crippen LogP contribution in [0.15, 0.2) is 115 Å². The molecule has 6 rings (SSSR count). The number of hydrogen-bond donors (Lipinski definition) is 1. The van der Waals surface area contributed by atoms with E-state index in [1.807, 2.05) is 12.2 Å². The zero-order chi connectivity index (χ0) is 32.8. The van der Waals surface area contributed by atoms with Crippen molar-refractivity contribution in [3.8, 4) is 6.07 Å². The maximum Gasteiger partial charge on any atom is 0.346 e. The monoisotopic (exact) mass is 619 g/mol. The largest absolute Gasteiger partial charge is 0.477 e. The maximum atomic E-state index is 11.3. The van der Waals surface area contributed by atoms with E-state index in [0.29, 0.717) is 0 Å². The quantitative estimate of drug-likeness (QED) is 0.115. The highest BCUT2D eigenvalue weighted by molar-refractivity contribution is 5.91. The van der Waals surface area contributed by atoms with Crippen LogP contribution in [0.5, 0.6) is 0 Å². The molecule has 2 heterocycles. The van der Waals surface area contributed by atoms with Gasteiger partial charge in [-0.25, -0.2) is 4.79 Å². The average molecular weight is 620 g/mol. The van der Waals surface area contributed by atoms with Gasteiger partial charge in [0.2, 0.25) is 0 Å². The fourth-order valence-electron chi connectivity index (χ4n) is 6.66. The topological polar surface area (TPSA) is 67.6 Å². The summed E-state index contributed by atoms with van der Waals surface area (Å²) in [6, 6.07) is 33.0. The summed E-state index contributed by atoms with van der Waals surface area (Å²) in [5, 5.41) is 18.5. The maximum absolute atomic E-state index is 11.3. The third-order valence-electron chi connectivity index (χ3n) is 9.19. The first-order chi connectivity index (χ1) is 22.9. The van der Waals surface area contributed by atoms with Gasteiger partial charge in [0.05, 0.1) is 0 Å². The number of carbonyl (C=O) groups is 1. The molecule has 2 aliphatic rings. The summed E-state index contributed by atoms with van der Waals surface area (Å²) in [6.07, 6.45) is 11.1. The van der Waals surface area contributed by atoms with Crippen molar-refractivity contribution in [3.63, 3.8) is 0 Å². The second kappa shape index (κ2) is 14.4. The minimum absolute atomic E-state index is 0.291. The van der Waals surface area contributed by atoms with Crippen molar-refractivity contribution in [2.75, 3.05) is 22.9 Å². The first kappa shape index (κ1) is 31.6. The van der Waals surface area contributed by atoms with E-state index < -0.39 is 5.97 Å². The van der Waals surface area contributed by atoms with Crippen molar-refractivity contribution in [3.05, 3.63) is 159 Å². The van der Waals surface area contributed by atoms with Gasteiger partial charge in [-0.05, 0) is 109 Å². The Morgan fingerprint density at radius 3 is 1.64 bits per heavy atom. The molecule has 47 heavy (non-hydrogen) atoms. The molecule has 1 N–H and O–H groups in total. The van der Waals surface area contributed by atoms with Gasteiger partial charge < -0.3 is 14.9 Å². The molecule has 0 radical (unpaired) electrons. The van der Waals surface area contributed by atoms with Crippen LogP contribution in [0.3, 0.4) is 0 Å². The Kier molecular flexibility index (Phi) is 9.69. The van der Waals surface area contributed by atoms with Crippen LogP contribution in [0.4, 0.5) is 11.4 Å². The third kappa shape index (κ3) is 7.56. The molecule has 236 valence electrons. The van der Waals surface area contributed by atoms with E-state index in [1.54, 1.807) is 12.1 Å². The minimum atomic E-state index is -1.23. The Hall–Kier alpha value is -5.34. The second-order valence-corrected chi connectivity index (χ2v) is 12.7. The van der Waals surface area contributed by atoms with Crippen molar-refractivity contribution in [2.45, 2.75) is 52.6 Å². The zero-order valence-corrected chi connectivity index (χ0v) is 27.2. The molecule has 4 aromatic carbocycles. The summed E-state index contributed by atoms with van der Waals surface area (Å²) in [4.78, 5) is 16.3. The number of hydrogen-bond acceptors (Lipinski definition) is 4. The van der Waals surface area contributed by atoms with Crippen LogP contribution < -0.4 is 9.80 Å². The molecule has 2 aliphatic heterocycles. The van der Waals surface area contributed by atoms with Gasteiger partial charge in [0.15, 0.2) is 0 Å². The smallest absolute Gasteiger partial charge is 0.346 e. The summed E-state index contributed by atoms with van der Waals surface area (Å²) in [6.45, 7) is 8.09. The van der Waals surface area contributed by atoms with E-state index in [1.165, 1.54) is 50.8 Å². The van der Waals surface area contributed by atoms with Gasteiger partial charge in [0.25, 0.3) is 0 Å². The van der Waals surface area contributed by atoms with Crippen LogP contribution in [0.2, 0.25) is 0 Å². The molecule has 0 unspecified atom stereocenters. The Balaban J connectivity index is 1.33. The van der Waals surface area contributed by atoms with E-state index in [-0.39, 0.29) is 5.57 Å². The molecule has 4 aromatic rings. The molecule has 0 aliphatic carbocycles. The summed E-state index contributed by atoms with van der Waals surface area (Å²) < 4.78 is 0. The lowest BCUT2D eigenvalue weighted by atomic mass is 9.90. The lowest BCUT2D eigenvalue weighted by Gasteiger charge is -2.32. The summed E-state index contributed by atoms with van der Waals surface area (Å²) in [5.74, 6) is -1.23. The molecule has 0 spiro atoms. The van der Waals surface area contributed by atoms with Crippen molar-refractivity contribution in [1.82, 2.24) is 0 Å². The van der Waals surface area contributed by atoms with Gasteiger partial charge >= 0.3 is 5.97 Å². The Morgan fingerprint density at radius 2 is 1.19 bits per heavy atom. The molecule has 0 bridgehead atoms. The standard InChI is InChI=1S/C42H41N3O2/c1-30-11-15-32(16-12-30)28-44-23-5-8-36-25-34(19-21-40(36)44)39(10-4-3-7-38(27-43)42(46)47)35-20-22-41-37(26-35)9-6-24-45(41)29-33-17-13-31(2)14-18-33/h3-4,7,10-22,25-26H,5-6,8-9,23-24,28-29H2,1-2H3,(H,46,47). The molecule has 0 saturated carbocycles. The molecule has 5 heteroatoms. The normalized spacial score (nSPS) is 14.4. The fraction of sp³-hybridized carbons (Fsp3) is 0.238. The Bertz CT molecular complexity index is 1780.